The number of rotatable bonds is 11. The molecule has 2 rings (SSSR count). The van der Waals surface area contributed by atoms with Crippen LogP contribution >= 0.6 is 0 Å². The van der Waals surface area contributed by atoms with E-state index in [-0.39, 0.29) is 19.1 Å². The Labute approximate surface area is 185 Å². The topological polar surface area (TPSA) is 84.9 Å². The Morgan fingerprint density at radius 1 is 1.13 bits per heavy atom. The molecule has 1 amide bonds. The molecular formula is C23H32N2O5S. The molecule has 0 heterocycles. The summed E-state index contributed by atoms with van der Waals surface area (Å²) in [5.41, 5.74) is 1.48. The van der Waals surface area contributed by atoms with Crippen LogP contribution in [-0.4, -0.2) is 46.9 Å². The number of hydrogen-bond acceptors (Lipinski definition) is 5. The molecule has 1 N–H and O–H groups in total. The summed E-state index contributed by atoms with van der Waals surface area (Å²) in [6.07, 6.45) is 1.40. The molecule has 0 saturated carbocycles. The van der Waals surface area contributed by atoms with E-state index < -0.39 is 16.1 Å². The van der Waals surface area contributed by atoms with Gasteiger partial charge in [0.2, 0.25) is 15.9 Å². The van der Waals surface area contributed by atoms with Crippen LogP contribution in [0.15, 0.2) is 48.5 Å². The van der Waals surface area contributed by atoms with Crippen LogP contribution in [0.4, 0.5) is 5.69 Å². The number of carbonyl (C=O) groups is 1. The molecule has 0 aliphatic carbocycles. The van der Waals surface area contributed by atoms with Crippen molar-refractivity contribution in [2.45, 2.75) is 39.2 Å². The Balaban J connectivity index is 2.08. The predicted molar refractivity (Wildman–Crippen MR) is 123 cm³/mol. The lowest BCUT2D eigenvalue weighted by atomic mass is 10.0. The van der Waals surface area contributed by atoms with Gasteiger partial charge in [0.1, 0.15) is 24.1 Å². The van der Waals surface area contributed by atoms with Crippen molar-refractivity contribution in [1.29, 1.82) is 0 Å². The number of benzene rings is 2. The number of hydrogen-bond donors (Lipinski definition) is 1. The molecule has 0 bridgehead atoms. The molecule has 8 heteroatoms. The van der Waals surface area contributed by atoms with Crippen molar-refractivity contribution in [3.63, 3.8) is 0 Å². The van der Waals surface area contributed by atoms with Gasteiger partial charge in [-0.15, -0.1) is 0 Å². The zero-order valence-electron chi connectivity index (χ0n) is 18.8. The highest BCUT2D eigenvalue weighted by atomic mass is 32.2. The molecule has 7 nitrogen and oxygen atoms in total. The van der Waals surface area contributed by atoms with Gasteiger partial charge in [-0.25, -0.2) is 8.42 Å². The summed E-state index contributed by atoms with van der Waals surface area (Å²) >= 11 is 0. The number of nitrogens with one attached hydrogen (secondary N) is 1. The fourth-order valence-electron chi connectivity index (χ4n) is 3.35. The van der Waals surface area contributed by atoms with E-state index in [1.54, 1.807) is 31.2 Å². The second kappa shape index (κ2) is 11.0. The van der Waals surface area contributed by atoms with E-state index in [9.17, 15) is 13.2 Å². The van der Waals surface area contributed by atoms with Crippen molar-refractivity contribution >= 4 is 21.6 Å². The van der Waals surface area contributed by atoms with Crippen molar-refractivity contribution < 1.29 is 22.7 Å². The number of para-hydroxylation sites is 1. The Kier molecular flexibility index (Phi) is 8.74. The lowest BCUT2D eigenvalue weighted by Crippen LogP contribution is -2.50. The quantitative estimate of drug-likeness (QED) is 0.532. The maximum absolute atomic E-state index is 12.9. The molecule has 0 spiro atoms. The van der Waals surface area contributed by atoms with Crippen molar-refractivity contribution in [2.24, 2.45) is 0 Å². The Bertz CT molecular complexity index is 975. The first kappa shape index (κ1) is 24.5. The molecule has 2 aromatic rings. The monoisotopic (exact) mass is 448 g/mol. The fraction of sp³-hybridized carbons (Fsp3) is 0.435. The van der Waals surface area contributed by atoms with Gasteiger partial charge in [0.25, 0.3) is 0 Å². The summed E-state index contributed by atoms with van der Waals surface area (Å²) in [6.45, 7) is 6.50. The third kappa shape index (κ3) is 6.62. The molecule has 0 fully saturated rings. The number of sulfonamides is 1. The second-order valence-corrected chi connectivity index (χ2v) is 9.38. The number of amides is 1. The van der Waals surface area contributed by atoms with Gasteiger partial charge in [0, 0.05) is 6.07 Å². The summed E-state index contributed by atoms with van der Waals surface area (Å²) in [4.78, 5) is 12.9. The van der Waals surface area contributed by atoms with E-state index in [2.05, 4.69) is 19.2 Å². The molecule has 2 aromatic carbocycles. The van der Waals surface area contributed by atoms with Crippen LogP contribution in [0.3, 0.4) is 0 Å². The molecular weight excluding hydrogens is 416 g/mol. The highest BCUT2D eigenvalue weighted by Gasteiger charge is 2.31. The molecule has 0 aliphatic rings. The molecule has 0 radical (unpaired) electrons. The van der Waals surface area contributed by atoms with E-state index >= 15 is 0 Å². The first-order valence-electron chi connectivity index (χ1n) is 10.3. The number of anilines is 1. The van der Waals surface area contributed by atoms with Gasteiger partial charge in [0.05, 0.1) is 25.6 Å². The summed E-state index contributed by atoms with van der Waals surface area (Å²) in [6, 6.07) is 13.6. The zero-order chi connectivity index (χ0) is 23.0. The van der Waals surface area contributed by atoms with Gasteiger partial charge in [0.15, 0.2) is 0 Å². The molecule has 0 unspecified atom stereocenters. The van der Waals surface area contributed by atoms with Crippen LogP contribution in [0, 0.1) is 0 Å². The van der Waals surface area contributed by atoms with Crippen molar-refractivity contribution in [1.82, 2.24) is 5.32 Å². The molecule has 0 aromatic heterocycles. The van der Waals surface area contributed by atoms with Crippen molar-refractivity contribution in [3.8, 4) is 11.5 Å². The van der Waals surface area contributed by atoms with E-state index in [0.29, 0.717) is 23.8 Å². The summed E-state index contributed by atoms with van der Waals surface area (Å²) in [7, 11) is -2.20. The molecule has 1 atom stereocenters. The Morgan fingerprint density at radius 2 is 1.84 bits per heavy atom. The number of nitrogens with zero attached hydrogens (tertiary/aromatic N) is 1. The van der Waals surface area contributed by atoms with Crippen molar-refractivity contribution in [2.75, 3.05) is 30.8 Å². The first-order chi connectivity index (χ1) is 14.7. The summed E-state index contributed by atoms with van der Waals surface area (Å²) < 4.78 is 37.2. The van der Waals surface area contributed by atoms with E-state index in [0.717, 1.165) is 21.9 Å². The fourth-order valence-corrected chi connectivity index (χ4v) is 4.55. The minimum Gasteiger partial charge on any atom is -0.497 e. The lowest BCUT2D eigenvalue weighted by Gasteiger charge is -2.30. The van der Waals surface area contributed by atoms with E-state index in [1.807, 2.05) is 24.3 Å². The van der Waals surface area contributed by atoms with Gasteiger partial charge in [-0.1, -0.05) is 45.0 Å². The standard InChI is InChI=1S/C23H32N2O5S/c1-6-21(25(31(5,27)28)18-10-9-11-19(16-18)29-4)23(26)24-14-15-30-22-13-8-7-12-20(22)17(2)3/h7-13,16-17,21H,6,14-15H2,1-5H3,(H,24,26)/t21-/m1/s1. The minimum absolute atomic E-state index is 0.261. The summed E-state index contributed by atoms with van der Waals surface area (Å²) in [5.74, 6) is 1.24. The molecule has 170 valence electrons. The van der Waals surface area contributed by atoms with Crippen molar-refractivity contribution in [3.05, 3.63) is 54.1 Å². The highest BCUT2D eigenvalue weighted by Crippen LogP contribution is 2.27. The van der Waals surface area contributed by atoms with Crippen LogP contribution in [0.1, 0.15) is 38.7 Å². The van der Waals surface area contributed by atoms with Crippen LogP contribution < -0.4 is 19.1 Å². The average molecular weight is 449 g/mol. The predicted octanol–water partition coefficient (Wildman–Crippen LogP) is 3.56. The maximum atomic E-state index is 12.9. The third-order valence-electron chi connectivity index (χ3n) is 4.84. The van der Waals surface area contributed by atoms with Gasteiger partial charge in [-0.3, -0.25) is 9.10 Å². The smallest absolute Gasteiger partial charge is 0.244 e. The zero-order valence-corrected chi connectivity index (χ0v) is 19.6. The normalized spacial score (nSPS) is 12.3. The first-order valence-corrected chi connectivity index (χ1v) is 12.2. The minimum atomic E-state index is -3.70. The van der Waals surface area contributed by atoms with Crippen LogP contribution in [-0.2, 0) is 14.8 Å². The van der Waals surface area contributed by atoms with E-state index in [1.165, 1.54) is 7.11 Å². The number of methoxy groups -OCH3 is 1. The third-order valence-corrected chi connectivity index (χ3v) is 6.02. The Morgan fingerprint density at radius 3 is 2.45 bits per heavy atom. The van der Waals surface area contributed by atoms with Crippen LogP contribution in [0.5, 0.6) is 11.5 Å². The Hall–Kier alpha value is -2.74. The van der Waals surface area contributed by atoms with Gasteiger partial charge in [-0.05, 0) is 36.1 Å². The molecule has 0 saturated heterocycles. The number of ether oxygens (including phenoxy) is 2. The number of carbonyl (C=O) groups excluding carboxylic acids is 1. The second-order valence-electron chi connectivity index (χ2n) is 7.52. The SMILES string of the molecule is CC[C@H](C(=O)NCCOc1ccccc1C(C)C)N(c1cccc(OC)c1)S(C)(=O)=O. The maximum Gasteiger partial charge on any atom is 0.244 e. The largest absolute Gasteiger partial charge is 0.497 e. The van der Waals surface area contributed by atoms with Crippen LogP contribution in [0.25, 0.3) is 0 Å². The summed E-state index contributed by atoms with van der Waals surface area (Å²) in [5, 5.41) is 2.80. The lowest BCUT2D eigenvalue weighted by molar-refractivity contribution is -0.122. The average Bonchev–Trinajstić information content (AvgIpc) is 2.74. The van der Waals surface area contributed by atoms with Gasteiger partial charge in [-0.2, -0.15) is 0 Å². The molecule has 31 heavy (non-hydrogen) atoms. The van der Waals surface area contributed by atoms with Crippen LogP contribution in [0.2, 0.25) is 0 Å². The molecule has 0 aliphatic heterocycles. The van der Waals surface area contributed by atoms with Gasteiger partial charge < -0.3 is 14.8 Å². The van der Waals surface area contributed by atoms with Gasteiger partial charge >= 0.3 is 0 Å². The van der Waals surface area contributed by atoms with E-state index in [4.69, 9.17) is 9.47 Å². The highest BCUT2D eigenvalue weighted by molar-refractivity contribution is 7.92.